The van der Waals surface area contributed by atoms with Crippen LogP contribution in [0.3, 0.4) is 0 Å². The van der Waals surface area contributed by atoms with Crippen LogP contribution < -0.4 is 0 Å². The number of rotatable bonds is 6. The summed E-state index contributed by atoms with van der Waals surface area (Å²) >= 11 is 1.44. The van der Waals surface area contributed by atoms with Crippen molar-refractivity contribution in [3.8, 4) is 11.5 Å². The molecule has 0 fully saturated rings. The Balaban J connectivity index is 1.74. The van der Waals surface area contributed by atoms with Crippen LogP contribution in [0.25, 0.3) is 11.5 Å². The zero-order valence-electron chi connectivity index (χ0n) is 14.9. The fourth-order valence-corrected chi connectivity index (χ4v) is 3.50. The third kappa shape index (κ3) is 3.87. The first-order valence-electron chi connectivity index (χ1n) is 8.47. The van der Waals surface area contributed by atoms with E-state index in [-0.39, 0.29) is 0 Å². The van der Waals surface area contributed by atoms with Gasteiger partial charge in [-0.1, -0.05) is 6.92 Å². The molecule has 9 heteroatoms. The lowest BCUT2D eigenvalue weighted by molar-refractivity contribution is 0.485. The van der Waals surface area contributed by atoms with Crippen molar-refractivity contribution in [2.45, 2.75) is 37.0 Å². The summed E-state index contributed by atoms with van der Waals surface area (Å²) in [5, 5.41) is 10.2. The molecule has 4 aromatic rings. The zero-order chi connectivity index (χ0) is 18.6. The fourth-order valence-electron chi connectivity index (χ4n) is 2.60. The second-order valence-electron chi connectivity index (χ2n) is 5.76. The Kier molecular flexibility index (Phi) is 4.93. The van der Waals surface area contributed by atoms with Gasteiger partial charge >= 0.3 is 0 Å². The van der Waals surface area contributed by atoms with Gasteiger partial charge in [0.2, 0.25) is 0 Å². The van der Waals surface area contributed by atoms with E-state index in [1.54, 1.807) is 24.9 Å². The molecule has 4 aromatic heterocycles. The van der Waals surface area contributed by atoms with Crippen LogP contribution in [0.2, 0.25) is 0 Å². The van der Waals surface area contributed by atoms with Gasteiger partial charge < -0.3 is 4.42 Å². The molecule has 0 aliphatic carbocycles. The maximum Gasteiger partial charge on any atom is 0.198 e. The molecule has 0 aromatic carbocycles. The van der Waals surface area contributed by atoms with Crippen molar-refractivity contribution in [2.24, 2.45) is 0 Å². The van der Waals surface area contributed by atoms with Crippen LogP contribution in [0.15, 0.2) is 57.7 Å². The van der Waals surface area contributed by atoms with Crippen LogP contribution in [-0.2, 0) is 13.0 Å². The summed E-state index contributed by atoms with van der Waals surface area (Å²) in [7, 11) is 0. The van der Waals surface area contributed by atoms with E-state index in [4.69, 9.17) is 4.42 Å². The Morgan fingerprint density at radius 1 is 1.19 bits per heavy atom. The van der Waals surface area contributed by atoms with Crippen LogP contribution in [0.4, 0.5) is 0 Å². The first kappa shape index (κ1) is 17.3. The molecule has 0 radical (unpaired) electrons. The van der Waals surface area contributed by atoms with Gasteiger partial charge in [0.15, 0.2) is 11.0 Å². The van der Waals surface area contributed by atoms with E-state index in [2.05, 4.69) is 37.1 Å². The normalized spacial score (nSPS) is 11.0. The molecular weight excluding hydrogens is 362 g/mol. The molecule has 0 bridgehead atoms. The Bertz CT molecular complexity index is 1030. The summed E-state index contributed by atoms with van der Waals surface area (Å²) < 4.78 is 7.47. The standard InChI is InChI=1S/C18H17N7OS/c1-3-13-9-16(22-12(2)21-13)27-18-24-23-17(15-10-19-6-7-20-15)25(18)11-14-5-4-8-26-14/h4-10H,3,11H2,1-2H3. The number of aryl methyl sites for hydroxylation is 2. The van der Waals surface area contributed by atoms with E-state index in [1.807, 2.05) is 29.7 Å². The smallest absolute Gasteiger partial charge is 0.198 e. The van der Waals surface area contributed by atoms with E-state index in [0.717, 1.165) is 28.7 Å². The molecule has 0 aliphatic heterocycles. The predicted octanol–water partition coefficient (Wildman–Crippen LogP) is 3.19. The minimum absolute atomic E-state index is 0.485. The summed E-state index contributed by atoms with van der Waals surface area (Å²) in [5.41, 5.74) is 1.65. The van der Waals surface area contributed by atoms with Gasteiger partial charge in [-0.15, -0.1) is 10.2 Å². The fraction of sp³-hybridized carbons (Fsp3) is 0.222. The average Bonchev–Trinajstić information content (AvgIpc) is 3.33. The molecule has 4 rings (SSSR count). The SMILES string of the molecule is CCc1cc(Sc2nnc(-c3cnccn3)n2Cc2ccco2)nc(C)n1. The monoisotopic (exact) mass is 379 g/mol. The highest BCUT2D eigenvalue weighted by Gasteiger charge is 2.18. The molecule has 27 heavy (non-hydrogen) atoms. The summed E-state index contributed by atoms with van der Waals surface area (Å²) in [6, 6.07) is 5.75. The van der Waals surface area contributed by atoms with Crippen molar-refractivity contribution in [1.82, 2.24) is 34.7 Å². The quantitative estimate of drug-likeness (QED) is 0.471. The van der Waals surface area contributed by atoms with Crippen molar-refractivity contribution in [1.29, 1.82) is 0 Å². The third-order valence-corrected chi connectivity index (χ3v) is 4.73. The number of aromatic nitrogens is 7. The minimum atomic E-state index is 0.485. The van der Waals surface area contributed by atoms with E-state index in [9.17, 15) is 0 Å². The van der Waals surface area contributed by atoms with E-state index in [1.165, 1.54) is 11.8 Å². The van der Waals surface area contributed by atoms with Gasteiger partial charge in [0.05, 0.1) is 19.0 Å². The van der Waals surface area contributed by atoms with Crippen molar-refractivity contribution in [3.63, 3.8) is 0 Å². The second kappa shape index (κ2) is 7.67. The zero-order valence-corrected chi connectivity index (χ0v) is 15.7. The van der Waals surface area contributed by atoms with Crippen LogP contribution in [0.1, 0.15) is 24.2 Å². The lowest BCUT2D eigenvalue weighted by Gasteiger charge is -2.08. The molecule has 0 N–H and O–H groups in total. The third-order valence-electron chi connectivity index (χ3n) is 3.83. The topological polar surface area (TPSA) is 95.4 Å². The maximum absolute atomic E-state index is 5.51. The van der Waals surface area contributed by atoms with Crippen molar-refractivity contribution < 1.29 is 4.42 Å². The summed E-state index contributed by atoms with van der Waals surface area (Å²) in [5.74, 6) is 2.17. The lowest BCUT2D eigenvalue weighted by atomic mass is 10.3. The van der Waals surface area contributed by atoms with Gasteiger partial charge in [-0.2, -0.15) is 0 Å². The molecule has 0 unspecified atom stereocenters. The molecule has 0 amide bonds. The molecule has 0 aliphatic rings. The molecule has 136 valence electrons. The number of nitrogens with zero attached hydrogens (tertiary/aromatic N) is 7. The van der Waals surface area contributed by atoms with Gasteiger partial charge in [-0.3, -0.25) is 9.55 Å². The molecule has 0 saturated heterocycles. The minimum Gasteiger partial charge on any atom is -0.467 e. The second-order valence-corrected chi connectivity index (χ2v) is 6.75. The Morgan fingerprint density at radius 2 is 2.11 bits per heavy atom. The number of hydrogen-bond acceptors (Lipinski definition) is 8. The first-order chi connectivity index (χ1) is 13.2. The van der Waals surface area contributed by atoms with Gasteiger partial charge in [0.1, 0.15) is 22.3 Å². The lowest BCUT2D eigenvalue weighted by Crippen LogP contribution is -2.05. The van der Waals surface area contributed by atoms with E-state index >= 15 is 0 Å². The highest BCUT2D eigenvalue weighted by molar-refractivity contribution is 7.99. The first-order valence-corrected chi connectivity index (χ1v) is 9.29. The maximum atomic E-state index is 5.51. The average molecular weight is 379 g/mol. The highest BCUT2D eigenvalue weighted by Crippen LogP contribution is 2.29. The van der Waals surface area contributed by atoms with Crippen LogP contribution in [0, 0.1) is 6.92 Å². The van der Waals surface area contributed by atoms with Gasteiger partial charge in [-0.05, 0) is 43.3 Å². The van der Waals surface area contributed by atoms with Crippen molar-refractivity contribution in [3.05, 3.63) is 60.3 Å². The molecule has 0 saturated carbocycles. The largest absolute Gasteiger partial charge is 0.467 e. The van der Waals surface area contributed by atoms with Crippen molar-refractivity contribution >= 4 is 11.8 Å². The predicted molar refractivity (Wildman–Crippen MR) is 99.1 cm³/mol. The van der Waals surface area contributed by atoms with E-state index < -0.39 is 0 Å². The van der Waals surface area contributed by atoms with Crippen molar-refractivity contribution in [2.75, 3.05) is 0 Å². The molecule has 8 nitrogen and oxygen atoms in total. The highest BCUT2D eigenvalue weighted by atomic mass is 32.2. The summed E-state index contributed by atoms with van der Waals surface area (Å²) in [4.78, 5) is 17.4. The molecule has 4 heterocycles. The number of hydrogen-bond donors (Lipinski definition) is 0. The van der Waals surface area contributed by atoms with Crippen LogP contribution in [-0.4, -0.2) is 34.7 Å². The Labute approximate surface area is 160 Å². The summed E-state index contributed by atoms with van der Waals surface area (Å²) in [6.07, 6.45) is 7.43. The molecular formula is C18H17N7OS. The number of furan rings is 1. The van der Waals surface area contributed by atoms with Gasteiger partial charge in [0.25, 0.3) is 0 Å². The Hall–Kier alpha value is -3.07. The molecule has 0 atom stereocenters. The summed E-state index contributed by atoms with van der Waals surface area (Å²) in [6.45, 7) is 4.45. The van der Waals surface area contributed by atoms with E-state index in [0.29, 0.717) is 23.2 Å². The van der Waals surface area contributed by atoms with Gasteiger partial charge in [0, 0.05) is 18.1 Å². The van der Waals surface area contributed by atoms with Crippen LogP contribution in [0.5, 0.6) is 0 Å². The molecule has 0 spiro atoms. The van der Waals surface area contributed by atoms with Gasteiger partial charge in [-0.25, -0.2) is 15.0 Å². The Morgan fingerprint density at radius 3 is 2.85 bits per heavy atom. The van der Waals surface area contributed by atoms with Crippen LogP contribution >= 0.6 is 11.8 Å².